The van der Waals surface area contributed by atoms with Crippen LogP contribution in [0.1, 0.15) is 10.4 Å². The third-order valence-electron chi connectivity index (χ3n) is 1.73. The van der Waals surface area contributed by atoms with E-state index in [2.05, 4.69) is 38.5 Å². The van der Waals surface area contributed by atoms with Crippen LogP contribution in [-0.2, 0) is 0 Å². The van der Waals surface area contributed by atoms with Gasteiger partial charge < -0.3 is 0 Å². The van der Waals surface area contributed by atoms with Crippen LogP contribution in [-0.4, -0.2) is 6.29 Å². The molecule has 0 N–H and O–H groups in total. The fraction of sp³-hybridized carbons (Fsp3) is 0. The Balaban J connectivity index is 2.88. The fourth-order valence-electron chi connectivity index (χ4n) is 1.20. The molecule has 4 heteroatoms. The molecular formula is C9H4BrIOS. The highest BCUT2D eigenvalue weighted by molar-refractivity contribution is 14.1. The Kier molecular flexibility index (Phi) is 2.71. The molecule has 0 bridgehead atoms. The first kappa shape index (κ1) is 9.61. The topological polar surface area (TPSA) is 17.1 Å². The van der Waals surface area contributed by atoms with Gasteiger partial charge in [0.25, 0.3) is 0 Å². The largest absolute Gasteiger partial charge is 0.298 e. The van der Waals surface area contributed by atoms with Gasteiger partial charge in [-0.3, -0.25) is 4.79 Å². The maximum absolute atomic E-state index is 10.8. The van der Waals surface area contributed by atoms with Crippen LogP contribution in [0.3, 0.4) is 0 Å². The van der Waals surface area contributed by atoms with E-state index in [1.54, 1.807) is 11.3 Å². The number of fused-ring (bicyclic) bond motifs is 1. The van der Waals surface area contributed by atoms with Crippen molar-refractivity contribution in [2.45, 2.75) is 0 Å². The van der Waals surface area contributed by atoms with Gasteiger partial charge in [0.1, 0.15) is 0 Å². The molecule has 0 radical (unpaired) electrons. The number of rotatable bonds is 1. The van der Waals surface area contributed by atoms with Crippen LogP contribution in [0.5, 0.6) is 0 Å². The molecule has 1 heterocycles. The molecule has 0 spiro atoms. The minimum absolute atomic E-state index is 0.753. The van der Waals surface area contributed by atoms with Crippen molar-refractivity contribution >= 4 is 66.2 Å². The Morgan fingerprint density at radius 2 is 2.15 bits per heavy atom. The van der Waals surface area contributed by atoms with Crippen molar-refractivity contribution in [2.75, 3.05) is 0 Å². The lowest BCUT2D eigenvalue weighted by atomic mass is 10.1. The Morgan fingerprint density at radius 1 is 1.38 bits per heavy atom. The molecule has 66 valence electrons. The summed E-state index contributed by atoms with van der Waals surface area (Å²) in [4.78, 5) is 10.8. The zero-order valence-corrected chi connectivity index (χ0v) is 10.9. The molecule has 1 aromatic carbocycles. The van der Waals surface area contributed by atoms with Gasteiger partial charge in [0.15, 0.2) is 6.29 Å². The van der Waals surface area contributed by atoms with Crippen molar-refractivity contribution in [3.63, 3.8) is 0 Å². The molecule has 1 nitrogen and oxygen atoms in total. The summed E-state index contributed by atoms with van der Waals surface area (Å²) in [6, 6.07) is 5.92. The highest BCUT2D eigenvalue weighted by atomic mass is 127. The maximum Gasteiger partial charge on any atom is 0.150 e. The monoisotopic (exact) mass is 366 g/mol. The van der Waals surface area contributed by atoms with Crippen molar-refractivity contribution in [1.82, 2.24) is 0 Å². The van der Waals surface area contributed by atoms with Gasteiger partial charge in [0.05, 0.1) is 2.88 Å². The highest BCUT2D eigenvalue weighted by Gasteiger charge is 2.05. The molecule has 0 unspecified atom stereocenters. The van der Waals surface area contributed by atoms with Gasteiger partial charge in [-0.25, -0.2) is 0 Å². The van der Waals surface area contributed by atoms with E-state index in [0.717, 1.165) is 26.4 Å². The molecule has 2 rings (SSSR count). The van der Waals surface area contributed by atoms with E-state index in [9.17, 15) is 4.79 Å². The van der Waals surface area contributed by atoms with E-state index >= 15 is 0 Å². The summed E-state index contributed by atoms with van der Waals surface area (Å²) in [5.41, 5.74) is 0.753. The van der Waals surface area contributed by atoms with Crippen molar-refractivity contribution < 1.29 is 4.79 Å². The molecule has 0 aliphatic heterocycles. The standard InChI is InChI=1S/C9H4BrIOS/c10-6-1-5(4-12)7-3-9(11)13-8(7)2-6/h1-4H. The summed E-state index contributed by atoms with van der Waals surface area (Å²) in [6.07, 6.45) is 0.899. The summed E-state index contributed by atoms with van der Waals surface area (Å²) in [6.45, 7) is 0. The summed E-state index contributed by atoms with van der Waals surface area (Å²) in [5.74, 6) is 0. The van der Waals surface area contributed by atoms with Gasteiger partial charge in [0.2, 0.25) is 0 Å². The second-order valence-electron chi connectivity index (χ2n) is 2.58. The van der Waals surface area contributed by atoms with Crippen LogP contribution in [0.15, 0.2) is 22.7 Å². The first-order chi connectivity index (χ1) is 6.20. The predicted molar refractivity (Wildman–Crippen MR) is 67.6 cm³/mol. The smallest absolute Gasteiger partial charge is 0.150 e. The lowest BCUT2D eigenvalue weighted by Gasteiger charge is -1.95. The summed E-state index contributed by atoms with van der Waals surface area (Å²) >= 11 is 7.34. The Hall–Kier alpha value is 0.0600. The normalized spacial score (nSPS) is 10.6. The molecule has 0 amide bonds. The highest BCUT2D eigenvalue weighted by Crippen LogP contribution is 2.31. The van der Waals surface area contributed by atoms with E-state index in [-0.39, 0.29) is 0 Å². The third-order valence-corrected chi connectivity index (χ3v) is 4.03. The van der Waals surface area contributed by atoms with Gasteiger partial charge in [-0.05, 0) is 40.8 Å². The second-order valence-corrected chi connectivity index (χ2v) is 6.47. The van der Waals surface area contributed by atoms with Gasteiger partial charge in [-0.2, -0.15) is 0 Å². The van der Waals surface area contributed by atoms with Gasteiger partial charge in [-0.1, -0.05) is 15.9 Å². The molecule has 0 atom stereocenters. The Labute approximate surface area is 101 Å². The van der Waals surface area contributed by atoms with E-state index < -0.39 is 0 Å². The van der Waals surface area contributed by atoms with Gasteiger partial charge in [0, 0.05) is 20.1 Å². The Morgan fingerprint density at radius 3 is 2.85 bits per heavy atom. The zero-order chi connectivity index (χ0) is 9.42. The molecule has 13 heavy (non-hydrogen) atoms. The first-order valence-electron chi connectivity index (χ1n) is 3.54. The molecule has 0 aliphatic carbocycles. The average molecular weight is 367 g/mol. The molecule has 0 saturated carbocycles. The quantitative estimate of drug-likeness (QED) is 0.549. The molecule has 0 fully saturated rings. The zero-order valence-electron chi connectivity index (χ0n) is 6.38. The number of hydrogen-bond acceptors (Lipinski definition) is 2. The number of carbonyl (C=O) groups excluding carboxylic acids is 1. The number of carbonyl (C=O) groups is 1. The van der Waals surface area contributed by atoms with E-state index in [1.165, 1.54) is 2.88 Å². The van der Waals surface area contributed by atoms with Crippen molar-refractivity contribution in [3.05, 3.63) is 31.1 Å². The van der Waals surface area contributed by atoms with Crippen LogP contribution in [0.2, 0.25) is 0 Å². The van der Waals surface area contributed by atoms with Crippen molar-refractivity contribution in [1.29, 1.82) is 0 Å². The average Bonchev–Trinajstić information content (AvgIpc) is 2.43. The van der Waals surface area contributed by atoms with Crippen molar-refractivity contribution in [2.24, 2.45) is 0 Å². The minimum Gasteiger partial charge on any atom is -0.298 e. The number of halogens is 2. The van der Waals surface area contributed by atoms with Gasteiger partial charge >= 0.3 is 0 Å². The lowest BCUT2D eigenvalue weighted by Crippen LogP contribution is -1.79. The van der Waals surface area contributed by atoms with Crippen LogP contribution in [0, 0.1) is 2.88 Å². The minimum atomic E-state index is 0.753. The molecular weight excluding hydrogens is 363 g/mol. The molecule has 0 saturated heterocycles. The number of thiophene rings is 1. The fourth-order valence-corrected chi connectivity index (χ4v) is 3.71. The van der Waals surface area contributed by atoms with Gasteiger partial charge in [-0.15, -0.1) is 11.3 Å². The SMILES string of the molecule is O=Cc1cc(Br)cc2sc(I)cc12. The molecule has 2 aromatic rings. The third kappa shape index (κ3) is 1.80. The molecule has 1 aromatic heterocycles. The van der Waals surface area contributed by atoms with E-state index in [1.807, 2.05) is 18.2 Å². The second kappa shape index (κ2) is 3.67. The number of benzene rings is 1. The Bertz CT molecular complexity index is 478. The first-order valence-corrected chi connectivity index (χ1v) is 6.23. The van der Waals surface area contributed by atoms with Crippen LogP contribution in [0.4, 0.5) is 0 Å². The van der Waals surface area contributed by atoms with Crippen LogP contribution < -0.4 is 0 Å². The predicted octanol–water partition coefficient (Wildman–Crippen LogP) is 4.08. The lowest BCUT2D eigenvalue weighted by molar-refractivity contribution is 0.112. The summed E-state index contributed by atoms with van der Waals surface area (Å²) in [5, 5.41) is 1.05. The summed E-state index contributed by atoms with van der Waals surface area (Å²) < 4.78 is 3.31. The summed E-state index contributed by atoms with van der Waals surface area (Å²) in [7, 11) is 0. The number of hydrogen-bond donors (Lipinski definition) is 0. The maximum atomic E-state index is 10.8. The van der Waals surface area contributed by atoms with E-state index in [0.29, 0.717) is 0 Å². The molecule has 0 aliphatic rings. The van der Waals surface area contributed by atoms with Crippen molar-refractivity contribution in [3.8, 4) is 0 Å². The van der Waals surface area contributed by atoms with E-state index in [4.69, 9.17) is 0 Å². The number of aldehydes is 1. The van der Waals surface area contributed by atoms with Crippen LogP contribution >= 0.6 is 49.9 Å². The van der Waals surface area contributed by atoms with Crippen LogP contribution in [0.25, 0.3) is 10.1 Å².